The van der Waals surface area contributed by atoms with Crippen LogP contribution in [-0.4, -0.2) is 52.1 Å². The largest absolute Gasteiger partial charge is 0.508 e. The average molecular weight is 515 g/mol. The van der Waals surface area contributed by atoms with E-state index in [1.807, 2.05) is 42.5 Å². The van der Waals surface area contributed by atoms with Gasteiger partial charge in [0.1, 0.15) is 24.5 Å². The molecular formula is C30H30N2O6. The van der Waals surface area contributed by atoms with Crippen molar-refractivity contribution in [3.63, 3.8) is 0 Å². The van der Waals surface area contributed by atoms with Gasteiger partial charge >= 0.3 is 5.97 Å². The summed E-state index contributed by atoms with van der Waals surface area (Å²) in [6.45, 7) is 1.48. The van der Waals surface area contributed by atoms with Crippen LogP contribution < -0.4 is 5.32 Å². The Morgan fingerprint density at radius 3 is 2.39 bits per heavy atom. The Morgan fingerprint density at radius 2 is 1.68 bits per heavy atom. The third-order valence-electron chi connectivity index (χ3n) is 7.46. The van der Waals surface area contributed by atoms with Crippen molar-refractivity contribution < 1.29 is 29.3 Å². The molecule has 196 valence electrons. The number of carbonyl (C=O) groups excluding carboxylic acids is 2. The van der Waals surface area contributed by atoms with Crippen LogP contribution >= 0.6 is 0 Å². The van der Waals surface area contributed by atoms with Crippen LogP contribution in [0.25, 0.3) is 0 Å². The van der Waals surface area contributed by atoms with E-state index in [2.05, 4.69) is 5.32 Å². The maximum Gasteiger partial charge on any atom is 0.329 e. The lowest BCUT2D eigenvalue weighted by Gasteiger charge is -2.27. The summed E-state index contributed by atoms with van der Waals surface area (Å²) in [6, 6.07) is 19.5. The first kappa shape index (κ1) is 25.5. The molecule has 0 bridgehead atoms. The molecule has 2 amide bonds. The van der Waals surface area contributed by atoms with Gasteiger partial charge in [0.25, 0.3) is 0 Å². The quantitative estimate of drug-likeness (QED) is 0.458. The van der Waals surface area contributed by atoms with Crippen molar-refractivity contribution >= 4 is 23.5 Å². The van der Waals surface area contributed by atoms with Crippen molar-refractivity contribution in [1.29, 1.82) is 0 Å². The standard InChI is InChI=1S/C30H30N2O6/c1-18(33)32-15-14-24(20-9-12-23(34)13-10-20)28(32)30(37)31-22-11-8-21-7-6-19-4-2-3-5-25(19)29(26(21)16-22)38-17-27(35)36/h2-5,8-13,16,24,28-29,34H,6-7,14-15,17H2,1H3,(H,31,37)(H,35,36)/t24?,28-,29?/m1/s1. The molecule has 1 saturated heterocycles. The van der Waals surface area contributed by atoms with E-state index in [1.54, 1.807) is 29.2 Å². The maximum atomic E-state index is 13.6. The Balaban J connectivity index is 1.46. The molecule has 1 aliphatic heterocycles. The summed E-state index contributed by atoms with van der Waals surface area (Å²) in [5.41, 5.74) is 5.30. The lowest BCUT2D eigenvalue weighted by Crippen LogP contribution is -2.44. The predicted octanol–water partition coefficient (Wildman–Crippen LogP) is 4.02. The van der Waals surface area contributed by atoms with Gasteiger partial charge in [-0.15, -0.1) is 0 Å². The van der Waals surface area contributed by atoms with Crippen LogP contribution in [0.2, 0.25) is 0 Å². The highest BCUT2D eigenvalue weighted by atomic mass is 16.5. The number of nitrogens with one attached hydrogen (secondary N) is 1. The van der Waals surface area contributed by atoms with Gasteiger partial charge in [-0.05, 0) is 71.3 Å². The summed E-state index contributed by atoms with van der Waals surface area (Å²) in [5.74, 6) is -1.59. The molecule has 8 heteroatoms. The Morgan fingerprint density at radius 1 is 0.974 bits per heavy atom. The Kier molecular flexibility index (Phi) is 7.15. The number of carbonyl (C=O) groups is 3. The number of aliphatic carboxylic acids is 1. The smallest absolute Gasteiger partial charge is 0.329 e. The normalized spacial score (nSPS) is 20.2. The van der Waals surface area contributed by atoms with Crippen LogP contribution in [-0.2, 0) is 32.0 Å². The molecule has 3 N–H and O–H groups in total. The third kappa shape index (κ3) is 5.13. The van der Waals surface area contributed by atoms with Crippen LogP contribution in [0.4, 0.5) is 5.69 Å². The van der Waals surface area contributed by atoms with Crippen molar-refractivity contribution in [1.82, 2.24) is 4.90 Å². The highest BCUT2D eigenvalue weighted by Crippen LogP contribution is 2.38. The van der Waals surface area contributed by atoms with Gasteiger partial charge in [-0.3, -0.25) is 9.59 Å². The topological polar surface area (TPSA) is 116 Å². The summed E-state index contributed by atoms with van der Waals surface area (Å²) < 4.78 is 5.88. The van der Waals surface area contributed by atoms with Gasteiger partial charge in [-0.25, -0.2) is 4.79 Å². The SMILES string of the molecule is CC(=O)N1CCC(c2ccc(O)cc2)[C@@H]1C(=O)Nc1ccc2c(c1)C(OCC(=O)O)c1ccccc1CC2. The van der Waals surface area contributed by atoms with E-state index in [0.29, 0.717) is 18.7 Å². The minimum absolute atomic E-state index is 0.141. The number of fused-ring (bicyclic) bond motifs is 2. The zero-order valence-electron chi connectivity index (χ0n) is 21.1. The molecule has 1 heterocycles. The van der Waals surface area contributed by atoms with Crippen molar-refractivity contribution in [3.05, 3.63) is 94.5 Å². The van der Waals surface area contributed by atoms with Crippen molar-refractivity contribution in [2.24, 2.45) is 0 Å². The van der Waals surface area contributed by atoms with E-state index in [1.165, 1.54) is 6.92 Å². The average Bonchev–Trinajstić information content (AvgIpc) is 3.28. The number of aryl methyl sites for hydroxylation is 2. The van der Waals surface area contributed by atoms with Crippen LogP contribution in [0.5, 0.6) is 5.75 Å². The number of benzene rings is 3. The number of amides is 2. The van der Waals surface area contributed by atoms with Gasteiger partial charge in [0.15, 0.2) is 0 Å². The molecule has 2 unspecified atom stereocenters. The van der Waals surface area contributed by atoms with Gasteiger partial charge in [-0.1, -0.05) is 42.5 Å². The number of rotatable bonds is 6. The monoisotopic (exact) mass is 514 g/mol. The van der Waals surface area contributed by atoms with E-state index in [4.69, 9.17) is 4.74 Å². The van der Waals surface area contributed by atoms with E-state index in [-0.39, 0.29) is 23.5 Å². The lowest BCUT2D eigenvalue weighted by atomic mass is 9.91. The molecule has 0 aromatic heterocycles. The Hall–Kier alpha value is -4.17. The van der Waals surface area contributed by atoms with Crippen LogP contribution in [0.1, 0.15) is 53.2 Å². The van der Waals surface area contributed by atoms with E-state index < -0.39 is 24.7 Å². The van der Waals surface area contributed by atoms with Crippen LogP contribution in [0.15, 0.2) is 66.7 Å². The maximum absolute atomic E-state index is 13.6. The second kappa shape index (κ2) is 10.7. The molecule has 3 aromatic rings. The van der Waals surface area contributed by atoms with Gasteiger partial charge in [0, 0.05) is 25.1 Å². The number of hydrogen-bond acceptors (Lipinski definition) is 5. The number of nitrogens with zero attached hydrogens (tertiary/aromatic N) is 1. The van der Waals surface area contributed by atoms with E-state index in [9.17, 15) is 24.6 Å². The van der Waals surface area contributed by atoms with E-state index >= 15 is 0 Å². The fourth-order valence-electron chi connectivity index (χ4n) is 5.69. The van der Waals surface area contributed by atoms with Gasteiger partial charge in [-0.2, -0.15) is 0 Å². The number of ether oxygens (including phenoxy) is 1. The molecule has 5 rings (SSSR count). The second-order valence-electron chi connectivity index (χ2n) is 9.83. The summed E-state index contributed by atoms with van der Waals surface area (Å²) in [7, 11) is 0. The first-order valence-corrected chi connectivity index (χ1v) is 12.7. The van der Waals surface area contributed by atoms with Crippen molar-refractivity contribution in [3.8, 4) is 5.75 Å². The summed E-state index contributed by atoms with van der Waals surface area (Å²) in [4.78, 5) is 39.0. The number of likely N-dealkylation sites (tertiary alicyclic amines) is 1. The zero-order valence-corrected chi connectivity index (χ0v) is 21.1. The number of aromatic hydroxyl groups is 1. The van der Waals surface area contributed by atoms with Crippen LogP contribution in [0, 0.1) is 0 Å². The molecule has 8 nitrogen and oxygen atoms in total. The Bertz CT molecular complexity index is 1370. The third-order valence-corrected chi connectivity index (χ3v) is 7.46. The number of hydrogen-bond donors (Lipinski definition) is 3. The fourth-order valence-corrected chi connectivity index (χ4v) is 5.69. The molecule has 1 fully saturated rings. The number of carboxylic acid groups (broad SMARTS) is 1. The lowest BCUT2D eigenvalue weighted by molar-refractivity contribution is -0.143. The number of phenols is 1. The van der Waals surface area contributed by atoms with Crippen molar-refractivity contribution in [2.45, 2.75) is 44.2 Å². The molecule has 2 aliphatic rings. The number of anilines is 1. The highest BCUT2D eigenvalue weighted by Gasteiger charge is 2.41. The molecule has 3 atom stereocenters. The Labute approximate surface area is 220 Å². The van der Waals surface area contributed by atoms with Gasteiger partial charge in [0.05, 0.1) is 0 Å². The summed E-state index contributed by atoms with van der Waals surface area (Å²) in [5, 5.41) is 22.0. The number of phenolic OH excluding ortho intramolecular Hbond substituents is 1. The zero-order chi connectivity index (χ0) is 26.8. The molecular weight excluding hydrogens is 484 g/mol. The minimum Gasteiger partial charge on any atom is -0.508 e. The summed E-state index contributed by atoms with van der Waals surface area (Å²) in [6.07, 6.45) is 1.61. The molecule has 0 spiro atoms. The minimum atomic E-state index is -1.05. The first-order chi connectivity index (χ1) is 18.3. The van der Waals surface area contributed by atoms with Crippen molar-refractivity contribution in [2.75, 3.05) is 18.5 Å². The molecule has 0 saturated carbocycles. The predicted molar refractivity (Wildman–Crippen MR) is 141 cm³/mol. The highest BCUT2D eigenvalue weighted by molar-refractivity contribution is 5.98. The van der Waals surface area contributed by atoms with Crippen LogP contribution in [0.3, 0.4) is 0 Å². The molecule has 3 aromatic carbocycles. The fraction of sp³-hybridized carbons (Fsp3) is 0.300. The number of carboxylic acids is 1. The molecule has 38 heavy (non-hydrogen) atoms. The van der Waals surface area contributed by atoms with Gasteiger partial charge in [0.2, 0.25) is 11.8 Å². The molecule has 0 radical (unpaired) electrons. The van der Waals surface area contributed by atoms with Gasteiger partial charge < -0.3 is 25.2 Å². The second-order valence-corrected chi connectivity index (χ2v) is 9.83. The molecule has 1 aliphatic carbocycles. The first-order valence-electron chi connectivity index (χ1n) is 12.7. The van der Waals surface area contributed by atoms with E-state index in [0.717, 1.165) is 40.7 Å². The summed E-state index contributed by atoms with van der Waals surface area (Å²) >= 11 is 0.